The van der Waals surface area contributed by atoms with Crippen molar-refractivity contribution in [1.82, 2.24) is 15.0 Å². The monoisotopic (exact) mass is 260 g/mol. The summed E-state index contributed by atoms with van der Waals surface area (Å²) < 4.78 is 0. The Bertz CT molecular complexity index is 818. The lowest BCUT2D eigenvalue weighted by Gasteiger charge is -2.09. The normalized spacial score (nSPS) is 12.6. The van der Waals surface area contributed by atoms with E-state index in [1.54, 1.807) is 6.20 Å². The molecule has 4 nitrogen and oxygen atoms in total. The molecule has 20 heavy (non-hydrogen) atoms. The van der Waals surface area contributed by atoms with E-state index in [0.29, 0.717) is 5.65 Å². The molecule has 0 amide bonds. The highest BCUT2D eigenvalue weighted by molar-refractivity contribution is 5.88. The van der Waals surface area contributed by atoms with E-state index in [-0.39, 0.29) is 0 Å². The van der Waals surface area contributed by atoms with Crippen molar-refractivity contribution in [3.8, 4) is 0 Å². The van der Waals surface area contributed by atoms with Crippen LogP contribution in [-0.4, -0.2) is 15.0 Å². The van der Waals surface area contributed by atoms with Gasteiger partial charge < -0.3 is 5.32 Å². The van der Waals surface area contributed by atoms with E-state index in [9.17, 15) is 0 Å². The maximum absolute atomic E-state index is 4.32. The first-order valence-electron chi connectivity index (χ1n) is 6.52. The third-order valence-electron chi connectivity index (χ3n) is 3.45. The van der Waals surface area contributed by atoms with Crippen LogP contribution in [0.3, 0.4) is 0 Å². The summed E-state index contributed by atoms with van der Waals surface area (Å²) in [7, 11) is 0. The molecule has 4 heteroatoms. The topological polar surface area (TPSA) is 50.7 Å². The van der Waals surface area contributed by atoms with Gasteiger partial charge in [-0.15, -0.1) is 0 Å². The van der Waals surface area contributed by atoms with Crippen LogP contribution in [0.4, 0.5) is 11.5 Å². The second-order valence-electron chi connectivity index (χ2n) is 4.74. The summed E-state index contributed by atoms with van der Waals surface area (Å²) in [5.41, 5.74) is 4.36. The summed E-state index contributed by atoms with van der Waals surface area (Å²) >= 11 is 0. The Morgan fingerprint density at radius 3 is 3.05 bits per heavy atom. The fourth-order valence-corrected chi connectivity index (χ4v) is 2.46. The number of anilines is 2. The highest BCUT2D eigenvalue weighted by Crippen LogP contribution is 2.26. The predicted molar refractivity (Wildman–Crippen MR) is 79.8 cm³/mol. The molecule has 96 valence electrons. The van der Waals surface area contributed by atoms with Crippen LogP contribution in [0, 0.1) is 0 Å². The van der Waals surface area contributed by atoms with Crippen molar-refractivity contribution in [2.75, 3.05) is 5.32 Å². The van der Waals surface area contributed by atoms with Gasteiger partial charge in [0.15, 0.2) is 5.65 Å². The van der Waals surface area contributed by atoms with Crippen molar-refractivity contribution >= 4 is 28.6 Å². The molecule has 2 heterocycles. The Hall–Kier alpha value is -2.75. The second-order valence-corrected chi connectivity index (χ2v) is 4.74. The van der Waals surface area contributed by atoms with Gasteiger partial charge in [-0.1, -0.05) is 18.2 Å². The van der Waals surface area contributed by atoms with Crippen molar-refractivity contribution in [3.63, 3.8) is 0 Å². The van der Waals surface area contributed by atoms with Crippen LogP contribution in [0.2, 0.25) is 0 Å². The highest BCUT2D eigenvalue weighted by Gasteiger charge is 2.08. The van der Waals surface area contributed by atoms with E-state index in [2.05, 4.69) is 50.6 Å². The van der Waals surface area contributed by atoms with Gasteiger partial charge in [-0.05, 0) is 41.8 Å². The molecule has 0 aliphatic heterocycles. The third kappa shape index (κ3) is 1.82. The molecule has 3 aromatic rings. The third-order valence-corrected chi connectivity index (χ3v) is 3.45. The number of nitrogens with one attached hydrogen (secondary N) is 1. The van der Waals surface area contributed by atoms with E-state index >= 15 is 0 Å². The summed E-state index contributed by atoms with van der Waals surface area (Å²) in [6, 6.07) is 10.2. The van der Waals surface area contributed by atoms with Crippen LogP contribution in [0.15, 0.2) is 48.9 Å². The molecule has 2 aromatic heterocycles. The standard InChI is InChI=1S/C16H12N4/c1-3-11-6-7-13(9-12(11)4-1)20-16-14-5-2-8-17-15(14)18-10-19-16/h1-2,4-10H,3H2,(H,17,18,19,20). The van der Waals surface area contributed by atoms with Crippen molar-refractivity contribution in [2.24, 2.45) is 0 Å². The van der Waals surface area contributed by atoms with Gasteiger partial charge in [0, 0.05) is 11.9 Å². The van der Waals surface area contributed by atoms with Gasteiger partial charge in [-0.3, -0.25) is 0 Å². The molecule has 4 rings (SSSR count). The van der Waals surface area contributed by atoms with Gasteiger partial charge in [-0.25, -0.2) is 15.0 Å². The number of benzene rings is 1. The SMILES string of the molecule is C1=Cc2cc(Nc3ncnc4ncccc34)ccc2C1. The van der Waals surface area contributed by atoms with Gasteiger partial charge in [0.1, 0.15) is 12.1 Å². The summed E-state index contributed by atoms with van der Waals surface area (Å²) in [6.07, 6.45) is 8.62. The number of nitrogens with zero attached hydrogens (tertiary/aromatic N) is 3. The quantitative estimate of drug-likeness (QED) is 0.767. The van der Waals surface area contributed by atoms with Gasteiger partial charge in [0.05, 0.1) is 5.39 Å². The zero-order chi connectivity index (χ0) is 13.4. The number of allylic oxidation sites excluding steroid dienone is 1. The molecule has 0 atom stereocenters. The first-order chi connectivity index (χ1) is 9.90. The summed E-state index contributed by atoms with van der Waals surface area (Å²) in [4.78, 5) is 12.7. The van der Waals surface area contributed by atoms with Crippen LogP contribution >= 0.6 is 0 Å². The molecule has 1 N–H and O–H groups in total. The lowest BCUT2D eigenvalue weighted by Crippen LogP contribution is -1.97. The molecule has 0 unspecified atom stereocenters. The maximum atomic E-state index is 4.32. The van der Waals surface area contributed by atoms with Crippen LogP contribution < -0.4 is 5.32 Å². The maximum Gasteiger partial charge on any atom is 0.164 e. The Balaban J connectivity index is 1.76. The second kappa shape index (κ2) is 4.42. The van der Waals surface area contributed by atoms with E-state index in [1.165, 1.54) is 17.5 Å². The average Bonchev–Trinajstić information content (AvgIpc) is 2.95. The smallest absolute Gasteiger partial charge is 0.164 e. The number of pyridine rings is 1. The number of hydrogen-bond donors (Lipinski definition) is 1. The predicted octanol–water partition coefficient (Wildman–Crippen LogP) is 3.34. The van der Waals surface area contributed by atoms with E-state index in [0.717, 1.165) is 23.3 Å². The minimum atomic E-state index is 0.700. The van der Waals surface area contributed by atoms with E-state index in [1.807, 2.05) is 12.1 Å². The molecule has 0 saturated carbocycles. The summed E-state index contributed by atoms with van der Waals surface area (Å²) in [6.45, 7) is 0. The zero-order valence-corrected chi connectivity index (χ0v) is 10.7. The molecule has 1 aliphatic carbocycles. The Morgan fingerprint density at radius 1 is 1.05 bits per heavy atom. The Kier molecular flexibility index (Phi) is 2.45. The van der Waals surface area contributed by atoms with Crippen molar-refractivity contribution in [2.45, 2.75) is 6.42 Å². The molecule has 0 fully saturated rings. The number of hydrogen-bond acceptors (Lipinski definition) is 4. The molecule has 0 saturated heterocycles. The first-order valence-corrected chi connectivity index (χ1v) is 6.52. The molecule has 0 radical (unpaired) electrons. The molecular weight excluding hydrogens is 248 g/mol. The van der Waals surface area contributed by atoms with Crippen LogP contribution in [0.1, 0.15) is 11.1 Å². The first kappa shape index (κ1) is 11.1. The summed E-state index contributed by atoms with van der Waals surface area (Å²) in [5, 5.41) is 4.27. The molecular formula is C16H12N4. The number of rotatable bonds is 2. The highest BCUT2D eigenvalue weighted by atomic mass is 15.0. The molecule has 0 spiro atoms. The van der Waals surface area contributed by atoms with Crippen molar-refractivity contribution in [1.29, 1.82) is 0 Å². The van der Waals surface area contributed by atoms with E-state index in [4.69, 9.17) is 0 Å². The van der Waals surface area contributed by atoms with Crippen LogP contribution in [0.5, 0.6) is 0 Å². The minimum Gasteiger partial charge on any atom is -0.340 e. The largest absolute Gasteiger partial charge is 0.340 e. The fraction of sp³-hybridized carbons (Fsp3) is 0.0625. The lowest BCUT2D eigenvalue weighted by atomic mass is 10.1. The van der Waals surface area contributed by atoms with E-state index < -0.39 is 0 Å². The van der Waals surface area contributed by atoms with Gasteiger partial charge >= 0.3 is 0 Å². The summed E-state index contributed by atoms with van der Waals surface area (Å²) in [5.74, 6) is 0.782. The van der Waals surface area contributed by atoms with Gasteiger partial charge in [-0.2, -0.15) is 0 Å². The number of fused-ring (bicyclic) bond motifs is 2. The van der Waals surface area contributed by atoms with Crippen molar-refractivity contribution < 1.29 is 0 Å². The Morgan fingerprint density at radius 2 is 2.05 bits per heavy atom. The molecule has 1 aliphatic rings. The zero-order valence-electron chi connectivity index (χ0n) is 10.7. The minimum absolute atomic E-state index is 0.700. The van der Waals surface area contributed by atoms with Crippen LogP contribution in [-0.2, 0) is 6.42 Å². The Labute approximate surface area is 116 Å². The van der Waals surface area contributed by atoms with Crippen LogP contribution in [0.25, 0.3) is 17.1 Å². The van der Waals surface area contributed by atoms with Gasteiger partial charge in [0.2, 0.25) is 0 Å². The fourth-order valence-electron chi connectivity index (χ4n) is 2.46. The molecule has 1 aromatic carbocycles. The van der Waals surface area contributed by atoms with Gasteiger partial charge in [0.25, 0.3) is 0 Å². The average molecular weight is 260 g/mol. The van der Waals surface area contributed by atoms with Crippen molar-refractivity contribution in [3.05, 3.63) is 60.1 Å². The number of aromatic nitrogens is 3. The lowest BCUT2D eigenvalue weighted by molar-refractivity contribution is 1.18. The molecule has 0 bridgehead atoms.